The number of nitrogens with one attached hydrogen (secondary N) is 2. The van der Waals surface area contributed by atoms with E-state index in [1.165, 1.54) is 0 Å². The minimum atomic E-state index is -3.89. The zero-order valence-corrected chi connectivity index (χ0v) is 16.0. The second kappa shape index (κ2) is 7.76. The Morgan fingerprint density at radius 2 is 1.55 bits per heavy atom. The number of carbonyl (C=O) groups excluding carboxylic acids is 1. The lowest BCUT2D eigenvalue weighted by Gasteiger charge is -2.08. The molecule has 0 aliphatic carbocycles. The summed E-state index contributed by atoms with van der Waals surface area (Å²) in [6.45, 7) is 0. The number of anilines is 1. The summed E-state index contributed by atoms with van der Waals surface area (Å²) < 4.78 is 30.7. The Bertz CT molecular complexity index is 1220. The predicted molar refractivity (Wildman–Crippen MR) is 110 cm³/mol. The first-order valence-electron chi connectivity index (χ1n) is 8.80. The number of hydrogen-bond donors (Lipinski definition) is 2. The number of aromatic nitrogens is 2. The molecular formula is C21H17N3O4S. The van der Waals surface area contributed by atoms with E-state index in [2.05, 4.69) is 15.3 Å². The summed E-state index contributed by atoms with van der Waals surface area (Å²) in [6.07, 6.45) is 0. The summed E-state index contributed by atoms with van der Waals surface area (Å²) in [6, 6.07) is 22.9. The Balaban J connectivity index is 1.41. The number of nitrogens with zero attached hydrogens (tertiary/aromatic N) is 1. The third-order valence-electron chi connectivity index (χ3n) is 4.10. The van der Waals surface area contributed by atoms with E-state index in [1.807, 2.05) is 30.3 Å². The van der Waals surface area contributed by atoms with E-state index in [9.17, 15) is 13.2 Å². The van der Waals surface area contributed by atoms with Gasteiger partial charge in [0.2, 0.25) is 20.9 Å². The summed E-state index contributed by atoms with van der Waals surface area (Å²) in [7, 11) is -3.89. The second-order valence-electron chi connectivity index (χ2n) is 6.31. The van der Waals surface area contributed by atoms with Crippen LogP contribution in [0.5, 0.6) is 11.5 Å². The smallest absolute Gasteiger partial charge is 0.240 e. The number of imidazole rings is 1. The fraction of sp³-hybridized carbons (Fsp3) is 0.0476. The van der Waals surface area contributed by atoms with Gasteiger partial charge in [0, 0.05) is 5.69 Å². The molecule has 1 heterocycles. The molecule has 0 saturated heterocycles. The molecule has 0 aliphatic heterocycles. The summed E-state index contributed by atoms with van der Waals surface area (Å²) in [5.74, 6) is -0.0674. The SMILES string of the molecule is O=C(CS(=O)(=O)c1nc2ccccc2[nH]1)Nc1ccc(Oc2ccccc2)cc1. The summed E-state index contributed by atoms with van der Waals surface area (Å²) in [5.41, 5.74) is 1.59. The van der Waals surface area contributed by atoms with Crippen molar-refractivity contribution < 1.29 is 17.9 Å². The first-order chi connectivity index (χ1) is 14.0. The van der Waals surface area contributed by atoms with Crippen LogP contribution in [0, 0.1) is 0 Å². The molecule has 0 unspecified atom stereocenters. The first kappa shape index (κ1) is 18.7. The summed E-state index contributed by atoms with van der Waals surface area (Å²) in [4.78, 5) is 19.0. The van der Waals surface area contributed by atoms with E-state index in [1.54, 1.807) is 48.5 Å². The molecule has 0 fully saturated rings. The molecule has 0 spiro atoms. The number of hydrogen-bond acceptors (Lipinski definition) is 5. The molecule has 0 aliphatic rings. The first-order valence-corrected chi connectivity index (χ1v) is 10.5. The lowest BCUT2D eigenvalue weighted by Crippen LogP contribution is -2.23. The quantitative estimate of drug-likeness (QED) is 0.507. The van der Waals surface area contributed by atoms with Gasteiger partial charge in [0.05, 0.1) is 11.0 Å². The van der Waals surface area contributed by atoms with Crippen molar-refractivity contribution >= 4 is 32.5 Å². The van der Waals surface area contributed by atoms with Crippen LogP contribution in [0.3, 0.4) is 0 Å². The Labute approximate surface area is 167 Å². The molecule has 146 valence electrons. The van der Waals surface area contributed by atoms with Crippen molar-refractivity contribution in [1.29, 1.82) is 0 Å². The number of carbonyl (C=O) groups is 1. The molecule has 0 radical (unpaired) electrons. The highest BCUT2D eigenvalue weighted by atomic mass is 32.2. The van der Waals surface area contributed by atoms with Gasteiger partial charge in [-0.2, -0.15) is 0 Å². The number of para-hydroxylation sites is 3. The molecule has 1 amide bonds. The van der Waals surface area contributed by atoms with Crippen molar-refractivity contribution in [2.45, 2.75) is 5.16 Å². The van der Waals surface area contributed by atoms with Gasteiger partial charge in [-0.3, -0.25) is 4.79 Å². The van der Waals surface area contributed by atoms with Gasteiger partial charge in [0.25, 0.3) is 0 Å². The standard InChI is InChI=1S/C21H17N3O4S/c25-20(14-29(26,27)21-23-18-8-4-5-9-19(18)24-21)22-15-10-12-17(13-11-15)28-16-6-2-1-3-7-16/h1-13H,14H2,(H,22,25)(H,23,24). The van der Waals surface area contributed by atoms with Crippen LogP contribution in [-0.2, 0) is 14.6 Å². The molecule has 2 N–H and O–H groups in total. The maximum Gasteiger partial charge on any atom is 0.240 e. The van der Waals surface area contributed by atoms with E-state index < -0.39 is 21.5 Å². The van der Waals surface area contributed by atoms with Gasteiger partial charge in [-0.25, -0.2) is 13.4 Å². The van der Waals surface area contributed by atoms with Crippen molar-refractivity contribution in [1.82, 2.24) is 9.97 Å². The number of amides is 1. The van der Waals surface area contributed by atoms with Gasteiger partial charge in [-0.05, 0) is 48.5 Å². The number of sulfone groups is 1. The highest BCUT2D eigenvalue weighted by molar-refractivity contribution is 7.92. The molecular weight excluding hydrogens is 390 g/mol. The molecule has 7 nitrogen and oxygen atoms in total. The zero-order chi connectivity index (χ0) is 20.3. The van der Waals surface area contributed by atoms with Gasteiger partial charge < -0.3 is 15.0 Å². The van der Waals surface area contributed by atoms with Gasteiger partial charge in [-0.15, -0.1) is 0 Å². The number of benzene rings is 3. The van der Waals surface area contributed by atoms with Gasteiger partial charge >= 0.3 is 0 Å². The molecule has 1 aromatic heterocycles. The maximum atomic E-state index is 12.5. The normalized spacial score (nSPS) is 11.3. The van der Waals surface area contributed by atoms with E-state index in [4.69, 9.17) is 4.74 Å². The average molecular weight is 407 g/mol. The van der Waals surface area contributed by atoms with Crippen LogP contribution in [0.15, 0.2) is 84.0 Å². The van der Waals surface area contributed by atoms with Crippen LogP contribution >= 0.6 is 0 Å². The molecule has 0 bridgehead atoms. The number of fused-ring (bicyclic) bond motifs is 1. The van der Waals surface area contributed by atoms with E-state index in [0.29, 0.717) is 28.2 Å². The van der Waals surface area contributed by atoms with E-state index >= 15 is 0 Å². The van der Waals surface area contributed by atoms with Crippen molar-refractivity contribution in [2.75, 3.05) is 11.1 Å². The van der Waals surface area contributed by atoms with E-state index in [0.717, 1.165) is 0 Å². The molecule has 29 heavy (non-hydrogen) atoms. The summed E-state index contributed by atoms with van der Waals surface area (Å²) >= 11 is 0. The Hall–Kier alpha value is -3.65. The van der Waals surface area contributed by atoms with Crippen LogP contribution in [0.25, 0.3) is 11.0 Å². The number of H-pyrrole nitrogens is 1. The average Bonchev–Trinajstić information content (AvgIpc) is 3.15. The number of ether oxygens (including phenoxy) is 1. The molecule has 0 saturated carbocycles. The minimum absolute atomic E-state index is 0.222. The molecule has 4 rings (SSSR count). The third kappa shape index (κ3) is 4.44. The Morgan fingerprint density at radius 3 is 2.28 bits per heavy atom. The lowest BCUT2D eigenvalue weighted by atomic mass is 10.3. The fourth-order valence-electron chi connectivity index (χ4n) is 2.75. The maximum absolute atomic E-state index is 12.5. The molecule has 4 aromatic rings. The predicted octanol–water partition coefficient (Wildman–Crippen LogP) is 3.77. The topological polar surface area (TPSA) is 101 Å². The van der Waals surface area contributed by atoms with Crippen molar-refractivity contribution in [3.8, 4) is 11.5 Å². The van der Waals surface area contributed by atoms with E-state index in [-0.39, 0.29) is 5.16 Å². The minimum Gasteiger partial charge on any atom is -0.457 e. The van der Waals surface area contributed by atoms with Crippen LogP contribution in [0.2, 0.25) is 0 Å². The van der Waals surface area contributed by atoms with Crippen LogP contribution in [0.1, 0.15) is 0 Å². The lowest BCUT2D eigenvalue weighted by molar-refractivity contribution is -0.113. The van der Waals surface area contributed by atoms with Gasteiger partial charge in [-0.1, -0.05) is 30.3 Å². The van der Waals surface area contributed by atoms with Crippen LogP contribution < -0.4 is 10.1 Å². The van der Waals surface area contributed by atoms with Crippen LogP contribution in [-0.4, -0.2) is 30.0 Å². The van der Waals surface area contributed by atoms with Gasteiger partial charge in [0.1, 0.15) is 17.3 Å². The van der Waals surface area contributed by atoms with Crippen molar-refractivity contribution in [2.24, 2.45) is 0 Å². The van der Waals surface area contributed by atoms with Crippen LogP contribution in [0.4, 0.5) is 5.69 Å². The summed E-state index contributed by atoms with van der Waals surface area (Å²) in [5, 5.41) is 2.36. The number of aromatic amines is 1. The highest BCUT2D eigenvalue weighted by Gasteiger charge is 2.23. The molecule has 3 aromatic carbocycles. The fourth-order valence-corrected chi connectivity index (χ4v) is 3.80. The third-order valence-corrected chi connectivity index (χ3v) is 5.53. The molecule has 8 heteroatoms. The highest BCUT2D eigenvalue weighted by Crippen LogP contribution is 2.23. The van der Waals surface area contributed by atoms with Gasteiger partial charge in [0.15, 0.2) is 0 Å². The second-order valence-corrected chi connectivity index (χ2v) is 8.21. The largest absolute Gasteiger partial charge is 0.457 e. The molecule has 0 atom stereocenters. The van der Waals surface area contributed by atoms with Crippen molar-refractivity contribution in [3.05, 3.63) is 78.9 Å². The Morgan fingerprint density at radius 1 is 0.897 bits per heavy atom. The monoisotopic (exact) mass is 407 g/mol. The zero-order valence-electron chi connectivity index (χ0n) is 15.2. The Kier molecular flexibility index (Phi) is 5.01. The number of rotatable bonds is 6. The van der Waals surface area contributed by atoms with Crippen molar-refractivity contribution in [3.63, 3.8) is 0 Å².